The molecule has 3 N–H and O–H groups in total. The summed E-state index contributed by atoms with van der Waals surface area (Å²) in [5.74, 6) is -0.388. The second kappa shape index (κ2) is 6.56. The van der Waals surface area contributed by atoms with Gasteiger partial charge in [-0.15, -0.1) is 0 Å². The number of rotatable bonds is 6. The van der Waals surface area contributed by atoms with Crippen LogP contribution in [-0.4, -0.2) is 33.8 Å². The number of aromatic nitrogens is 1. The normalized spacial score (nSPS) is 12.5. The van der Waals surface area contributed by atoms with E-state index in [1.165, 1.54) is 6.07 Å². The average Bonchev–Trinajstić information content (AvgIpc) is 2.26. The highest BCUT2D eigenvalue weighted by Crippen LogP contribution is 2.16. The molecule has 1 aromatic heterocycles. The van der Waals surface area contributed by atoms with Crippen molar-refractivity contribution in [2.75, 3.05) is 11.9 Å². The van der Waals surface area contributed by atoms with E-state index < -0.39 is 12.1 Å². The van der Waals surface area contributed by atoms with Gasteiger partial charge in [-0.2, -0.15) is 0 Å². The molecule has 6 heteroatoms. The van der Waals surface area contributed by atoms with Gasteiger partial charge < -0.3 is 15.5 Å². The minimum atomic E-state index is -1.17. The van der Waals surface area contributed by atoms with Crippen LogP contribution in [0, 0.1) is 5.92 Å². The number of nitrogens with one attached hydrogen (secondary N) is 1. The van der Waals surface area contributed by atoms with Crippen LogP contribution in [0.4, 0.5) is 5.82 Å². The molecule has 1 aromatic rings. The zero-order chi connectivity index (χ0) is 13.7. The lowest BCUT2D eigenvalue weighted by atomic mass is 10.1. The highest BCUT2D eigenvalue weighted by Gasteiger charge is 2.12. The van der Waals surface area contributed by atoms with Gasteiger partial charge in [0.05, 0.1) is 11.1 Å². The van der Waals surface area contributed by atoms with Crippen LogP contribution in [0.25, 0.3) is 0 Å². The molecule has 1 rings (SSSR count). The number of nitrogens with zero attached hydrogens (tertiary/aromatic N) is 1. The van der Waals surface area contributed by atoms with Crippen LogP contribution >= 0.6 is 11.6 Å². The highest BCUT2D eigenvalue weighted by atomic mass is 35.5. The van der Waals surface area contributed by atoms with E-state index in [-0.39, 0.29) is 10.7 Å². The predicted octanol–water partition coefficient (Wildman–Crippen LogP) is 2.25. The summed E-state index contributed by atoms with van der Waals surface area (Å²) in [6.45, 7) is 4.37. The van der Waals surface area contributed by atoms with Crippen molar-refractivity contribution in [3.05, 3.63) is 22.8 Å². The van der Waals surface area contributed by atoms with E-state index in [0.29, 0.717) is 24.7 Å². The molecular formula is C12H17ClN2O3. The Morgan fingerprint density at radius 2 is 2.17 bits per heavy atom. The minimum Gasteiger partial charge on any atom is -0.476 e. The van der Waals surface area contributed by atoms with Crippen LogP contribution in [0.1, 0.15) is 30.8 Å². The lowest BCUT2D eigenvalue weighted by Gasteiger charge is -2.14. The number of carbonyl (C=O) groups is 1. The smallest absolute Gasteiger partial charge is 0.356 e. The largest absolute Gasteiger partial charge is 0.476 e. The van der Waals surface area contributed by atoms with E-state index in [9.17, 15) is 9.90 Å². The van der Waals surface area contributed by atoms with Crippen molar-refractivity contribution >= 4 is 23.4 Å². The van der Waals surface area contributed by atoms with Gasteiger partial charge in [0.2, 0.25) is 0 Å². The second-order valence-electron chi connectivity index (χ2n) is 4.50. The third-order valence-corrected chi connectivity index (χ3v) is 2.62. The molecule has 0 saturated heterocycles. The van der Waals surface area contributed by atoms with Crippen molar-refractivity contribution in [3.63, 3.8) is 0 Å². The molecule has 0 spiro atoms. The molecule has 0 bridgehead atoms. The molecule has 1 unspecified atom stereocenters. The molecule has 0 amide bonds. The van der Waals surface area contributed by atoms with E-state index in [0.717, 1.165) is 0 Å². The van der Waals surface area contributed by atoms with Crippen LogP contribution < -0.4 is 5.32 Å². The Balaban J connectivity index is 2.63. The zero-order valence-electron chi connectivity index (χ0n) is 10.4. The van der Waals surface area contributed by atoms with E-state index in [2.05, 4.69) is 10.3 Å². The van der Waals surface area contributed by atoms with Crippen LogP contribution in [0.2, 0.25) is 5.02 Å². The molecule has 0 aliphatic rings. The maximum Gasteiger partial charge on any atom is 0.356 e. The monoisotopic (exact) mass is 272 g/mol. The van der Waals surface area contributed by atoms with Gasteiger partial charge in [0.25, 0.3) is 0 Å². The standard InChI is InChI=1S/C12H17ClN2O3/c1-7(2)5-8(16)6-14-10-4-3-9(13)11(15-10)12(17)18/h3-4,7-8,16H,5-6H2,1-2H3,(H,14,15)(H,17,18). The minimum absolute atomic E-state index is 0.0933. The maximum absolute atomic E-state index is 10.8. The number of anilines is 1. The lowest BCUT2D eigenvalue weighted by molar-refractivity contribution is 0.0691. The third kappa shape index (κ3) is 4.50. The molecule has 0 aliphatic heterocycles. The number of hydrogen-bond donors (Lipinski definition) is 3. The van der Waals surface area contributed by atoms with E-state index in [1.807, 2.05) is 13.8 Å². The number of pyridine rings is 1. The van der Waals surface area contributed by atoms with Gasteiger partial charge in [0.15, 0.2) is 5.69 Å². The summed E-state index contributed by atoms with van der Waals surface area (Å²) in [7, 11) is 0. The summed E-state index contributed by atoms with van der Waals surface area (Å²) < 4.78 is 0. The molecule has 1 heterocycles. The first kappa shape index (κ1) is 14.7. The average molecular weight is 273 g/mol. The molecular weight excluding hydrogens is 256 g/mol. The molecule has 0 fully saturated rings. The van der Waals surface area contributed by atoms with Gasteiger partial charge in [-0.1, -0.05) is 25.4 Å². The molecule has 1 atom stereocenters. The molecule has 5 nitrogen and oxygen atoms in total. The van der Waals surface area contributed by atoms with Gasteiger partial charge in [-0.05, 0) is 24.5 Å². The maximum atomic E-state index is 10.8. The third-order valence-electron chi connectivity index (χ3n) is 2.31. The van der Waals surface area contributed by atoms with Gasteiger partial charge in [-0.3, -0.25) is 0 Å². The SMILES string of the molecule is CC(C)CC(O)CNc1ccc(Cl)c(C(=O)O)n1. The first-order valence-electron chi connectivity index (χ1n) is 5.72. The fourth-order valence-corrected chi connectivity index (χ4v) is 1.73. The topological polar surface area (TPSA) is 82.5 Å². The van der Waals surface area contributed by atoms with Crippen LogP contribution in [0.5, 0.6) is 0 Å². The number of halogens is 1. The number of aromatic carboxylic acids is 1. The number of aliphatic hydroxyl groups excluding tert-OH is 1. The Bertz CT molecular complexity index is 424. The highest BCUT2D eigenvalue weighted by molar-refractivity contribution is 6.33. The van der Waals surface area contributed by atoms with Crippen LogP contribution in [0.15, 0.2) is 12.1 Å². The van der Waals surface area contributed by atoms with E-state index in [1.54, 1.807) is 6.07 Å². The Labute approximate surface area is 111 Å². The Hall–Kier alpha value is -1.33. The second-order valence-corrected chi connectivity index (χ2v) is 4.90. The van der Waals surface area contributed by atoms with Crippen molar-refractivity contribution in [1.29, 1.82) is 0 Å². The molecule has 0 aliphatic carbocycles. The summed E-state index contributed by atoms with van der Waals surface area (Å²) in [4.78, 5) is 14.7. The summed E-state index contributed by atoms with van der Waals surface area (Å²) in [6.07, 6.45) is 0.183. The quantitative estimate of drug-likeness (QED) is 0.740. The van der Waals surface area contributed by atoms with Gasteiger partial charge in [0, 0.05) is 6.54 Å². The lowest BCUT2D eigenvalue weighted by Crippen LogP contribution is -2.22. The molecule has 0 saturated carbocycles. The number of carboxylic acid groups (broad SMARTS) is 1. The zero-order valence-corrected chi connectivity index (χ0v) is 11.1. The number of carboxylic acids is 1. The Morgan fingerprint density at radius 3 is 2.72 bits per heavy atom. The van der Waals surface area contributed by atoms with Crippen LogP contribution in [-0.2, 0) is 0 Å². The van der Waals surface area contributed by atoms with Gasteiger partial charge in [-0.25, -0.2) is 9.78 Å². The van der Waals surface area contributed by atoms with E-state index in [4.69, 9.17) is 16.7 Å². The summed E-state index contributed by atoms with van der Waals surface area (Å²) in [6, 6.07) is 3.05. The molecule has 0 radical (unpaired) electrons. The van der Waals surface area contributed by atoms with Crippen molar-refractivity contribution < 1.29 is 15.0 Å². The first-order chi connectivity index (χ1) is 8.40. The van der Waals surface area contributed by atoms with E-state index >= 15 is 0 Å². The summed E-state index contributed by atoms with van der Waals surface area (Å²) >= 11 is 5.70. The van der Waals surface area contributed by atoms with Crippen molar-refractivity contribution in [2.24, 2.45) is 5.92 Å². The predicted molar refractivity (Wildman–Crippen MR) is 70.2 cm³/mol. The van der Waals surface area contributed by atoms with Crippen LogP contribution in [0.3, 0.4) is 0 Å². The van der Waals surface area contributed by atoms with Crippen molar-refractivity contribution in [3.8, 4) is 0 Å². The molecule has 18 heavy (non-hydrogen) atoms. The fraction of sp³-hybridized carbons (Fsp3) is 0.500. The molecule has 100 valence electrons. The number of hydrogen-bond acceptors (Lipinski definition) is 4. The fourth-order valence-electron chi connectivity index (χ4n) is 1.54. The van der Waals surface area contributed by atoms with Crippen molar-refractivity contribution in [2.45, 2.75) is 26.4 Å². The number of aliphatic hydroxyl groups is 1. The van der Waals surface area contributed by atoms with Gasteiger partial charge >= 0.3 is 5.97 Å². The Kier molecular flexibility index (Phi) is 5.37. The van der Waals surface area contributed by atoms with Crippen molar-refractivity contribution in [1.82, 2.24) is 4.98 Å². The molecule has 0 aromatic carbocycles. The summed E-state index contributed by atoms with van der Waals surface area (Å²) in [5, 5.41) is 21.5. The Morgan fingerprint density at radius 1 is 1.50 bits per heavy atom. The van der Waals surface area contributed by atoms with Gasteiger partial charge in [0.1, 0.15) is 5.82 Å². The summed E-state index contributed by atoms with van der Waals surface area (Å²) in [5.41, 5.74) is -0.194. The first-order valence-corrected chi connectivity index (χ1v) is 6.09.